The van der Waals surface area contributed by atoms with E-state index in [0.717, 1.165) is 13.1 Å². The molecule has 0 unspecified atom stereocenters. The molecule has 69 valence electrons. The molecular weight excluding hydrogens is 152 g/mol. The predicted molar refractivity (Wildman–Crippen MR) is 48.6 cm³/mol. The van der Waals surface area contributed by atoms with Gasteiger partial charge in [-0.1, -0.05) is 6.42 Å². The van der Waals surface area contributed by atoms with Crippen LogP contribution in [0.4, 0.5) is 0 Å². The summed E-state index contributed by atoms with van der Waals surface area (Å²) in [5.41, 5.74) is 0. The van der Waals surface area contributed by atoms with Crippen LogP contribution >= 0.6 is 0 Å². The molecule has 1 heterocycles. The highest BCUT2D eigenvalue weighted by Crippen LogP contribution is 2.07. The highest BCUT2D eigenvalue weighted by Gasteiger charge is 2.09. The summed E-state index contributed by atoms with van der Waals surface area (Å²) in [5.74, 6) is 0. The van der Waals surface area contributed by atoms with Gasteiger partial charge in [0.15, 0.2) is 0 Å². The lowest BCUT2D eigenvalue weighted by Gasteiger charge is -2.27. The van der Waals surface area contributed by atoms with Gasteiger partial charge in [-0.05, 0) is 25.9 Å². The maximum absolute atomic E-state index is 10.2. The second kappa shape index (κ2) is 5.14. The van der Waals surface area contributed by atoms with Crippen LogP contribution in [0.5, 0.6) is 0 Å². The van der Waals surface area contributed by atoms with Crippen molar-refractivity contribution in [2.45, 2.75) is 19.3 Å². The van der Waals surface area contributed by atoms with Crippen LogP contribution in [0, 0.1) is 0 Å². The molecule has 0 atom stereocenters. The molecule has 0 aromatic carbocycles. The molecule has 12 heavy (non-hydrogen) atoms. The van der Waals surface area contributed by atoms with Gasteiger partial charge in [0, 0.05) is 20.1 Å². The van der Waals surface area contributed by atoms with Gasteiger partial charge in [0.1, 0.15) is 0 Å². The first-order valence-corrected chi connectivity index (χ1v) is 4.64. The first kappa shape index (κ1) is 9.52. The Labute approximate surface area is 74.3 Å². The van der Waals surface area contributed by atoms with Crippen molar-refractivity contribution in [3.8, 4) is 0 Å². The summed E-state index contributed by atoms with van der Waals surface area (Å²) in [6.45, 7) is 4.22. The van der Waals surface area contributed by atoms with Crippen molar-refractivity contribution in [1.82, 2.24) is 9.80 Å². The van der Waals surface area contributed by atoms with Crippen LogP contribution in [0.15, 0.2) is 0 Å². The Kier molecular flexibility index (Phi) is 4.08. The zero-order valence-corrected chi connectivity index (χ0v) is 7.75. The third-order valence-electron chi connectivity index (χ3n) is 2.36. The van der Waals surface area contributed by atoms with Crippen molar-refractivity contribution in [1.29, 1.82) is 0 Å². The predicted octanol–water partition coefficient (Wildman–Crippen LogP) is 0.471. The monoisotopic (exact) mass is 169 g/mol. The zero-order chi connectivity index (χ0) is 8.81. The molecule has 0 aromatic heterocycles. The molecule has 0 bridgehead atoms. The molecule has 1 radical (unpaired) electrons. The lowest BCUT2D eigenvalue weighted by atomic mass is 10.1. The number of carbonyl (C=O) groups excluding carboxylic acids is 1. The SMILES string of the molecule is CN([C]=O)CCN1CCCCC1. The number of piperidine rings is 1. The van der Waals surface area contributed by atoms with Gasteiger partial charge in [-0.25, -0.2) is 0 Å². The third-order valence-corrected chi connectivity index (χ3v) is 2.36. The van der Waals surface area contributed by atoms with Crippen LogP contribution in [-0.2, 0) is 4.79 Å². The second-order valence-corrected chi connectivity index (χ2v) is 3.42. The van der Waals surface area contributed by atoms with E-state index in [9.17, 15) is 4.79 Å². The van der Waals surface area contributed by atoms with Crippen molar-refractivity contribution in [3.05, 3.63) is 0 Å². The van der Waals surface area contributed by atoms with Gasteiger partial charge in [-0.3, -0.25) is 4.79 Å². The minimum atomic E-state index is 0.809. The Bertz CT molecular complexity index is 132. The van der Waals surface area contributed by atoms with Crippen LogP contribution < -0.4 is 0 Å². The first-order valence-electron chi connectivity index (χ1n) is 4.64. The van der Waals surface area contributed by atoms with Gasteiger partial charge in [0.25, 0.3) is 0 Å². The van der Waals surface area contributed by atoms with E-state index in [0.29, 0.717) is 0 Å². The van der Waals surface area contributed by atoms with Gasteiger partial charge >= 0.3 is 6.41 Å². The Morgan fingerprint density at radius 1 is 1.33 bits per heavy atom. The molecule has 0 aliphatic carbocycles. The smallest absolute Gasteiger partial charge is 0.311 e. The van der Waals surface area contributed by atoms with Crippen LogP contribution in [0.1, 0.15) is 19.3 Å². The van der Waals surface area contributed by atoms with Gasteiger partial charge in [-0.2, -0.15) is 0 Å². The zero-order valence-electron chi connectivity index (χ0n) is 7.75. The van der Waals surface area contributed by atoms with E-state index in [1.807, 2.05) is 6.41 Å². The lowest BCUT2D eigenvalue weighted by molar-refractivity contribution is 0.215. The maximum Gasteiger partial charge on any atom is 0.311 e. The van der Waals surface area contributed by atoms with Crippen molar-refractivity contribution in [3.63, 3.8) is 0 Å². The van der Waals surface area contributed by atoms with Crippen LogP contribution in [0.3, 0.4) is 0 Å². The number of hydrogen-bond donors (Lipinski definition) is 0. The highest BCUT2D eigenvalue weighted by molar-refractivity contribution is 5.47. The molecule has 1 rings (SSSR count). The molecule has 1 fully saturated rings. The van der Waals surface area contributed by atoms with Gasteiger partial charge < -0.3 is 9.80 Å². The van der Waals surface area contributed by atoms with Crippen molar-refractivity contribution in [2.24, 2.45) is 0 Å². The van der Waals surface area contributed by atoms with Crippen LogP contribution in [-0.4, -0.2) is 49.4 Å². The molecule has 0 spiro atoms. The Hall–Kier alpha value is -0.570. The number of rotatable bonds is 4. The molecular formula is C9H17N2O. The topological polar surface area (TPSA) is 23.6 Å². The quantitative estimate of drug-likeness (QED) is 0.571. The first-order chi connectivity index (χ1) is 5.83. The molecule has 0 saturated carbocycles. The summed E-state index contributed by atoms with van der Waals surface area (Å²) in [7, 11) is 1.77. The number of likely N-dealkylation sites (N-methyl/N-ethyl adjacent to an activating group) is 1. The molecule has 0 aromatic rings. The fourth-order valence-corrected chi connectivity index (χ4v) is 1.52. The number of amides is 1. The fourth-order valence-electron chi connectivity index (χ4n) is 1.52. The molecule has 1 aliphatic heterocycles. The largest absolute Gasteiger partial charge is 0.336 e. The average molecular weight is 169 g/mol. The second-order valence-electron chi connectivity index (χ2n) is 3.42. The van der Waals surface area contributed by atoms with E-state index in [1.165, 1.54) is 32.4 Å². The van der Waals surface area contributed by atoms with E-state index in [4.69, 9.17) is 0 Å². The van der Waals surface area contributed by atoms with E-state index < -0.39 is 0 Å². The Morgan fingerprint density at radius 3 is 2.58 bits per heavy atom. The van der Waals surface area contributed by atoms with E-state index in [1.54, 1.807) is 11.9 Å². The average Bonchev–Trinajstić information content (AvgIpc) is 2.16. The van der Waals surface area contributed by atoms with Crippen molar-refractivity contribution in [2.75, 3.05) is 33.2 Å². The third kappa shape index (κ3) is 3.22. The van der Waals surface area contributed by atoms with Crippen molar-refractivity contribution >= 4 is 6.41 Å². The summed E-state index contributed by atoms with van der Waals surface area (Å²) >= 11 is 0. The number of nitrogens with zero attached hydrogens (tertiary/aromatic N) is 2. The van der Waals surface area contributed by atoms with Gasteiger partial charge in [0.2, 0.25) is 0 Å². The van der Waals surface area contributed by atoms with Gasteiger partial charge in [0.05, 0.1) is 0 Å². The molecule has 3 heteroatoms. The fraction of sp³-hybridized carbons (Fsp3) is 0.889. The summed E-state index contributed by atoms with van der Waals surface area (Å²) in [4.78, 5) is 14.2. The Morgan fingerprint density at radius 2 is 2.00 bits per heavy atom. The van der Waals surface area contributed by atoms with Crippen LogP contribution in [0.25, 0.3) is 0 Å². The molecule has 1 aliphatic rings. The van der Waals surface area contributed by atoms with E-state index in [-0.39, 0.29) is 0 Å². The van der Waals surface area contributed by atoms with Gasteiger partial charge in [-0.15, -0.1) is 0 Å². The normalized spacial score (nSPS) is 19.1. The molecule has 1 saturated heterocycles. The molecule has 0 N–H and O–H groups in total. The number of hydrogen-bond acceptors (Lipinski definition) is 2. The summed E-state index contributed by atoms with van der Waals surface area (Å²) in [6.07, 6.45) is 5.86. The van der Waals surface area contributed by atoms with Crippen molar-refractivity contribution < 1.29 is 4.79 Å². The highest BCUT2D eigenvalue weighted by atomic mass is 16.1. The standard InChI is InChI=1S/C9H17N2O/c1-10(9-12)7-8-11-5-3-2-4-6-11/h2-8H2,1H3. The summed E-state index contributed by atoms with van der Waals surface area (Å²) in [5, 5.41) is 0. The van der Waals surface area contributed by atoms with E-state index >= 15 is 0 Å². The molecule has 3 nitrogen and oxygen atoms in total. The minimum Gasteiger partial charge on any atom is -0.336 e. The Balaban J connectivity index is 2.08. The van der Waals surface area contributed by atoms with E-state index in [2.05, 4.69) is 4.90 Å². The summed E-state index contributed by atoms with van der Waals surface area (Å²) < 4.78 is 0. The molecule has 1 amide bonds. The number of likely N-dealkylation sites (tertiary alicyclic amines) is 1. The maximum atomic E-state index is 10.2. The lowest BCUT2D eigenvalue weighted by Crippen LogP contribution is -2.36. The minimum absolute atomic E-state index is 0.809. The van der Waals surface area contributed by atoms with Crippen LogP contribution in [0.2, 0.25) is 0 Å². The summed E-state index contributed by atoms with van der Waals surface area (Å²) in [6, 6.07) is 0.